The minimum absolute atomic E-state index is 0.516. The van der Waals surface area contributed by atoms with Gasteiger partial charge in [0.1, 0.15) is 6.29 Å². The van der Waals surface area contributed by atoms with Gasteiger partial charge < -0.3 is 4.79 Å². The lowest BCUT2D eigenvalue weighted by molar-refractivity contribution is -0.111. The first-order valence-electron chi connectivity index (χ1n) is 3.89. The van der Waals surface area contributed by atoms with Gasteiger partial charge in [0.05, 0.1) is 0 Å². The number of rotatable bonds is 2. The van der Waals surface area contributed by atoms with E-state index in [1.54, 1.807) is 6.07 Å². The molecule has 0 atom stereocenters. The van der Waals surface area contributed by atoms with Crippen LogP contribution in [0.2, 0.25) is 5.02 Å². The molecule has 0 spiro atoms. The molecule has 0 aliphatic carbocycles. The number of hydrogen-bond donors (Lipinski definition) is 0. The van der Waals surface area contributed by atoms with E-state index in [9.17, 15) is 4.79 Å². The fraction of sp³-hybridized carbons (Fsp3) is 0.300. The molecular weight excluding hydrogens is 251 g/mol. The largest absolute Gasteiger partial charge is 0.302 e. The zero-order chi connectivity index (χ0) is 10.1. The maximum absolute atomic E-state index is 10.8. The number of carbonyl (C=O) groups is 1. The molecule has 0 unspecified atom stereocenters. The van der Waals surface area contributed by atoms with E-state index in [1.807, 2.05) is 26.0 Å². The van der Waals surface area contributed by atoms with Crippen LogP contribution in [0.25, 0.3) is 0 Å². The van der Waals surface area contributed by atoms with Crippen LogP contribution in [0.4, 0.5) is 0 Å². The predicted molar refractivity (Wildman–Crippen MR) is 58.2 cm³/mol. The molecule has 3 heteroatoms. The summed E-state index contributed by atoms with van der Waals surface area (Å²) < 4.78 is 0.919. The van der Waals surface area contributed by atoms with Gasteiger partial charge in [-0.15, -0.1) is 0 Å². The van der Waals surface area contributed by atoms with Crippen molar-refractivity contribution in [3.05, 3.63) is 33.3 Å². The van der Waals surface area contributed by atoms with Crippen LogP contribution in [-0.4, -0.2) is 6.29 Å². The van der Waals surface area contributed by atoms with Crippen LogP contribution in [0.5, 0.6) is 0 Å². The molecule has 1 rings (SSSR count). The van der Waals surface area contributed by atoms with E-state index in [0.29, 0.717) is 5.02 Å². The lowest BCUT2D eigenvalue weighted by Crippen LogP contribution is -2.19. The van der Waals surface area contributed by atoms with E-state index < -0.39 is 5.41 Å². The minimum atomic E-state index is -0.516. The molecule has 0 aliphatic heterocycles. The average molecular weight is 262 g/mol. The van der Waals surface area contributed by atoms with Crippen molar-refractivity contribution in [1.29, 1.82) is 0 Å². The molecule has 1 aromatic carbocycles. The molecule has 70 valence electrons. The van der Waals surface area contributed by atoms with Gasteiger partial charge in [0.25, 0.3) is 0 Å². The second kappa shape index (κ2) is 3.81. The first kappa shape index (κ1) is 10.7. The first-order valence-corrected chi connectivity index (χ1v) is 5.06. The Morgan fingerprint density at radius 2 is 2.08 bits per heavy atom. The SMILES string of the molecule is CC(C)(C=O)c1ccc(Br)cc1Cl. The van der Waals surface area contributed by atoms with E-state index in [1.165, 1.54) is 0 Å². The van der Waals surface area contributed by atoms with Crippen LogP contribution in [-0.2, 0) is 10.2 Å². The fourth-order valence-electron chi connectivity index (χ4n) is 1.08. The summed E-state index contributed by atoms with van der Waals surface area (Å²) in [5.41, 5.74) is 0.338. The van der Waals surface area contributed by atoms with Crippen molar-refractivity contribution < 1.29 is 4.79 Å². The zero-order valence-electron chi connectivity index (χ0n) is 7.47. The third-order valence-corrected chi connectivity index (χ3v) is 2.73. The van der Waals surface area contributed by atoms with E-state index in [0.717, 1.165) is 16.3 Å². The third-order valence-electron chi connectivity index (χ3n) is 1.92. The highest BCUT2D eigenvalue weighted by molar-refractivity contribution is 9.10. The molecule has 0 saturated carbocycles. The van der Waals surface area contributed by atoms with Gasteiger partial charge in [0.2, 0.25) is 0 Å². The van der Waals surface area contributed by atoms with Crippen LogP contribution in [0.3, 0.4) is 0 Å². The number of benzene rings is 1. The van der Waals surface area contributed by atoms with Crippen molar-refractivity contribution in [2.24, 2.45) is 0 Å². The van der Waals surface area contributed by atoms with Crippen molar-refractivity contribution in [2.75, 3.05) is 0 Å². The second-order valence-corrected chi connectivity index (χ2v) is 4.79. The van der Waals surface area contributed by atoms with Gasteiger partial charge in [-0.25, -0.2) is 0 Å². The van der Waals surface area contributed by atoms with Crippen LogP contribution in [0.1, 0.15) is 19.4 Å². The molecule has 0 radical (unpaired) electrons. The van der Waals surface area contributed by atoms with Gasteiger partial charge in [-0.1, -0.05) is 33.6 Å². The molecule has 0 heterocycles. The van der Waals surface area contributed by atoms with Crippen LogP contribution < -0.4 is 0 Å². The van der Waals surface area contributed by atoms with Crippen LogP contribution in [0.15, 0.2) is 22.7 Å². The number of halogens is 2. The van der Waals surface area contributed by atoms with E-state index in [4.69, 9.17) is 11.6 Å². The maximum Gasteiger partial charge on any atom is 0.130 e. The summed E-state index contributed by atoms with van der Waals surface area (Å²) in [7, 11) is 0. The molecule has 1 nitrogen and oxygen atoms in total. The normalized spacial score (nSPS) is 11.4. The summed E-state index contributed by atoms with van der Waals surface area (Å²) >= 11 is 9.32. The Hall–Kier alpha value is -0.340. The van der Waals surface area contributed by atoms with Gasteiger partial charge in [0.15, 0.2) is 0 Å². The quantitative estimate of drug-likeness (QED) is 0.744. The van der Waals surface area contributed by atoms with Crippen molar-refractivity contribution >= 4 is 33.8 Å². The summed E-state index contributed by atoms with van der Waals surface area (Å²) in [4.78, 5) is 10.8. The van der Waals surface area contributed by atoms with Crippen LogP contribution in [0, 0.1) is 0 Å². The lowest BCUT2D eigenvalue weighted by atomic mass is 9.86. The Balaban J connectivity index is 3.23. The van der Waals surface area contributed by atoms with E-state index >= 15 is 0 Å². The van der Waals surface area contributed by atoms with Gasteiger partial charge in [-0.2, -0.15) is 0 Å². The Morgan fingerprint density at radius 3 is 2.54 bits per heavy atom. The molecule has 0 saturated heterocycles. The zero-order valence-corrected chi connectivity index (χ0v) is 9.82. The molecule has 0 aliphatic rings. The highest BCUT2D eigenvalue weighted by atomic mass is 79.9. The van der Waals surface area contributed by atoms with Gasteiger partial charge in [0, 0.05) is 14.9 Å². The van der Waals surface area contributed by atoms with Crippen molar-refractivity contribution in [3.8, 4) is 0 Å². The van der Waals surface area contributed by atoms with Crippen molar-refractivity contribution in [3.63, 3.8) is 0 Å². The maximum atomic E-state index is 10.8. The first-order chi connectivity index (χ1) is 5.97. The molecule has 0 amide bonds. The Bertz CT molecular complexity index is 334. The number of carbonyl (C=O) groups excluding carboxylic acids is 1. The minimum Gasteiger partial charge on any atom is -0.302 e. The standard InChI is InChI=1S/C10H10BrClO/c1-10(2,6-13)8-4-3-7(11)5-9(8)12/h3-6H,1-2H3. The fourth-order valence-corrected chi connectivity index (χ4v) is 1.99. The number of hydrogen-bond acceptors (Lipinski definition) is 1. The van der Waals surface area contributed by atoms with Gasteiger partial charge in [-0.05, 0) is 31.5 Å². The van der Waals surface area contributed by atoms with Crippen LogP contribution >= 0.6 is 27.5 Å². The predicted octanol–water partition coefficient (Wildman–Crippen LogP) is 3.58. The highest BCUT2D eigenvalue weighted by Gasteiger charge is 2.22. The van der Waals surface area contributed by atoms with E-state index in [-0.39, 0.29) is 0 Å². The molecular formula is C10H10BrClO. The smallest absolute Gasteiger partial charge is 0.130 e. The summed E-state index contributed by atoms with van der Waals surface area (Å²) in [6.45, 7) is 3.68. The second-order valence-electron chi connectivity index (χ2n) is 3.46. The third kappa shape index (κ3) is 2.32. The monoisotopic (exact) mass is 260 g/mol. The van der Waals surface area contributed by atoms with Crippen molar-refractivity contribution in [2.45, 2.75) is 19.3 Å². The Kier molecular flexibility index (Phi) is 3.14. The molecule has 0 fully saturated rings. The lowest BCUT2D eigenvalue weighted by Gasteiger charge is -2.18. The summed E-state index contributed by atoms with van der Waals surface area (Å²) in [6, 6.07) is 5.54. The molecule has 1 aromatic rings. The van der Waals surface area contributed by atoms with E-state index in [2.05, 4.69) is 15.9 Å². The molecule has 0 bridgehead atoms. The Labute approximate surface area is 91.2 Å². The molecule has 0 N–H and O–H groups in total. The van der Waals surface area contributed by atoms with Gasteiger partial charge in [-0.3, -0.25) is 0 Å². The highest BCUT2D eigenvalue weighted by Crippen LogP contribution is 2.30. The average Bonchev–Trinajstić information content (AvgIpc) is 2.03. The number of aldehydes is 1. The summed E-state index contributed by atoms with van der Waals surface area (Å²) in [5.74, 6) is 0. The molecule has 0 aromatic heterocycles. The Morgan fingerprint density at radius 1 is 1.46 bits per heavy atom. The summed E-state index contributed by atoms with van der Waals surface area (Å²) in [5, 5.41) is 0.617. The molecule has 13 heavy (non-hydrogen) atoms. The van der Waals surface area contributed by atoms with Gasteiger partial charge >= 0.3 is 0 Å². The topological polar surface area (TPSA) is 17.1 Å². The van der Waals surface area contributed by atoms with Crippen molar-refractivity contribution in [1.82, 2.24) is 0 Å². The summed E-state index contributed by atoms with van der Waals surface area (Å²) in [6.07, 6.45) is 0.905.